The Morgan fingerprint density at radius 1 is 0.800 bits per heavy atom. The van der Waals surface area contributed by atoms with Gasteiger partial charge in [-0.15, -0.1) is 0 Å². The Labute approximate surface area is 257 Å². The molecule has 0 N–H and O–H groups in total. The summed E-state index contributed by atoms with van der Waals surface area (Å²) in [6.07, 6.45) is 4.49. The second-order valence-electron chi connectivity index (χ2n) is 11.9. The van der Waals surface area contributed by atoms with E-state index in [0.717, 1.165) is 24.2 Å². The Morgan fingerprint density at radius 2 is 1.35 bits per heavy atom. The summed E-state index contributed by atoms with van der Waals surface area (Å²) in [7, 11) is -0.893. The summed E-state index contributed by atoms with van der Waals surface area (Å²) in [5.41, 5.74) is 1.16. The highest BCUT2D eigenvalue weighted by molar-refractivity contribution is 14.1. The molecular formula is C35H47IO3Si. The van der Waals surface area contributed by atoms with E-state index in [-0.39, 0.29) is 17.2 Å². The Kier molecular flexibility index (Phi) is 12.5. The van der Waals surface area contributed by atoms with Crippen molar-refractivity contribution in [1.29, 1.82) is 0 Å². The molecule has 0 aliphatic carbocycles. The van der Waals surface area contributed by atoms with Crippen LogP contribution in [0.4, 0.5) is 0 Å². The van der Waals surface area contributed by atoms with Gasteiger partial charge in [0.25, 0.3) is 8.32 Å². The largest absolute Gasteiger partial charge is 0.497 e. The molecule has 3 aromatic rings. The monoisotopic (exact) mass is 670 g/mol. The van der Waals surface area contributed by atoms with Crippen LogP contribution in [0, 0.1) is 11.8 Å². The molecule has 5 heteroatoms. The third-order valence-electron chi connectivity index (χ3n) is 8.07. The molecule has 40 heavy (non-hydrogen) atoms. The van der Waals surface area contributed by atoms with Crippen LogP contribution in [-0.2, 0) is 15.8 Å². The smallest absolute Gasteiger partial charge is 0.261 e. The zero-order chi connectivity index (χ0) is 29.2. The highest BCUT2D eigenvalue weighted by Gasteiger charge is 2.51. The number of halogens is 1. The highest BCUT2D eigenvalue weighted by Crippen LogP contribution is 2.38. The van der Waals surface area contributed by atoms with Gasteiger partial charge in [0.2, 0.25) is 0 Å². The lowest BCUT2D eigenvalue weighted by molar-refractivity contribution is 0.00530. The van der Waals surface area contributed by atoms with E-state index in [1.807, 2.05) is 12.1 Å². The predicted molar refractivity (Wildman–Crippen MR) is 180 cm³/mol. The van der Waals surface area contributed by atoms with Crippen molar-refractivity contribution in [3.63, 3.8) is 0 Å². The molecule has 216 valence electrons. The molecule has 3 rings (SSSR count). The minimum Gasteiger partial charge on any atom is -0.497 e. The second kappa shape index (κ2) is 15.3. The lowest BCUT2D eigenvalue weighted by Gasteiger charge is -2.45. The molecule has 0 amide bonds. The van der Waals surface area contributed by atoms with E-state index in [2.05, 4.69) is 147 Å². The van der Waals surface area contributed by atoms with Gasteiger partial charge >= 0.3 is 0 Å². The number of methoxy groups -OCH3 is 1. The summed E-state index contributed by atoms with van der Waals surface area (Å²) >= 11 is 2.30. The van der Waals surface area contributed by atoms with Crippen molar-refractivity contribution in [3.8, 4) is 5.75 Å². The molecule has 0 spiro atoms. The number of rotatable bonds is 14. The summed E-state index contributed by atoms with van der Waals surface area (Å²) < 4.78 is 21.3. The first kappa shape index (κ1) is 32.6. The Hall–Kier alpha value is -1.93. The van der Waals surface area contributed by atoms with E-state index in [1.54, 1.807) is 7.11 Å². The summed E-state index contributed by atoms with van der Waals surface area (Å²) in [4.78, 5) is 0. The van der Waals surface area contributed by atoms with Crippen LogP contribution >= 0.6 is 22.6 Å². The van der Waals surface area contributed by atoms with Gasteiger partial charge in [-0.25, -0.2) is 0 Å². The van der Waals surface area contributed by atoms with Gasteiger partial charge in [-0.05, 0) is 62.9 Å². The van der Waals surface area contributed by atoms with Gasteiger partial charge in [-0.3, -0.25) is 0 Å². The molecule has 3 nitrogen and oxygen atoms in total. The van der Waals surface area contributed by atoms with Crippen molar-refractivity contribution in [2.24, 2.45) is 11.8 Å². The number of hydrogen-bond acceptors (Lipinski definition) is 3. The SMILES string of the molecule is COc1ccc(CO[C@H](CC[C@H](C)[C@@H](C)O[Si](c2ccccc2)(c2ccccc2)C(C)(C)C)[C@H](C)/C=C/I)cc1. The van der Waals surface area contributed by atoms with E-state index in [4.69, 9.17) is 13.9 Å². The standard InChI is InChI=1S/C35H47IO3Si/c1-27(18-23-34(28(2)24-25-36)38-26-30-19-21-31(37-7)22-20-30)29(3)39-40(35(4,5)6,32-14-10-8-11-15-32)33-16-12-9-13-17-33/h8-17,19-22,24-25,27-29,34H,18,23,26H2,1-7H3/b25-24+/t27-,28+,29+,34+/m0/s1. The minimum absolute atomic E-state index is 0.0344. The third-order valence-corrected chi connectivity index (χ3v) is 13.6. The quantitative estimate of drug-likeness (QED) is 0.127. The van der Waals surface area contributed by atoms with Crippen LogP contribution < -0.4 is 15.1 Å². The molecular weight excluding hydrogens is 623 g/mol. The molecule has 0 aliphatic heterocycles. The number of hydrogen-bond donors (Lipinski definition) is 0. The van der Waals surface area contributed by atoms with Crippen molar-refractivity contribution >= 4 is 41.3 Å². The molecule has 0 radical (unpaired) electrons. The summed E-state index contributed by atoms with van der Waals surface area (Å²) in [5.74, 6) is 1.57. The molecule has 0 saturated heterocycles. The average molecular weight is 671 g/mol. The van der Waals surface area contributed by atoms with Crippen LogP contribution in [0.25, 0.3) is 0 Å². The summed E-state index contributed by atoms with van der Waals surface area (Å²) in [6, 6.07) is 30.0. The van der Waals surface area contributed by atoms with E-state index in [0.29, 0.717) is 18.4 Å². The van der Waals surface area contributed by atoms with Gasteiger partial charge in [0, 0.05) is 12.0 Å². The fourth-order valence-electron chi connectivity index (χ4n) is 5.41. The first-order valence-corrected chi connectivity index (χ1v) is 17.6. The Balaban J connectivity index is 1.78. The van der Waals surface area contributed by atoms with Gasteiger partial charge < -0.3 is 13.9 Å². The summed E-state index contributed by atoms with van der Waals surface area (Å²) in [6.45, 7) is 14.5. The third kappa shape index (κ3) is 8.31. The number of ether oxygens (including phenoxy) is 2. The van der Waals surface area contributed by atoms with Crippen molar-refractivity contribution in [2.45, 2.75) is 78.2 Å². The van der Waals surface area contributed by atoms with E-state index in [1.165, 1.54) is 10.4 Å². The summed E-state index contributed by atoms with van der Waals surface area (Å²) in [5, 5.41) is 2.62. The minimum atomic E-state index is -2.59. The Morgan fingerprint density at radius 3 is 1.82 bits per heavy atom. The van der Waals surface area contributed by atoms with Crippen molar-refractivity contribution in [3.05, 3.63) is 101 Å². The maximum Gasteiger partial charge on any atom is 0.261 e. The zero-order valence-corrected chi connectivity index (χ0v) is 28.4. The molecule has 0 bridgehead atoms. The highest BCUT2D eigenvalue weighted by atomic mass is 127. The van der Waals surface area contributed by atoms with Gasteiger partial charge in [-0.1, -0.05) is 136 Å². The normalized spacial score (nSPS) is 15.5. The molecule has 0 heterocycles. The molecule has 0 saturated carbocycles. The van der Waals surface area contributed by atoms with E-state index < -0.39 is 8.32 Å². The number of benzene rings is 3. The lowest BCUT2D eigenvalue weighted by Crippen LogP contribution is -2.67. The van der Waals surface area contributed by atoms with Gasteiger partial charge in [-0.2, -0.15) is 0 Å². The van der Waals surface area contributed by atoms with Crippen LogP contribution in [0.5, 0.6) is 5.75 Å². The van der Waals surface area contributed by atoms with Crippen LogP contribution in [0.1, 0.15) is 59.9 Å². The second-order valence-corrected chi connectivity index (χ2v) is 16.9. The maximum atomic E-state index is 7.40. The van der Waals surface area contributed by atoms with E-state index in [9.17, 15) is 0 Å². The Bertz CT molecular complexity index is 1120. The predicted octanol–water partition coefficient (Wildman–Crippen LogP) is 8.55. The van der Waals surface area contributed by atoms with Crippen LogP contribution in [0.2, 0.25) is 5.04 Å². The van der Waals surface area contributed by atoms with Crippen LogP contribution in [0.15, 0.2) is 95.1 Å². The van der Waals surface area contributed by atoms with E-state index >= 15 is 0 Å². The lowest BCUT2D eigenvalue weighted by atomic mass is 9.93. The molecule has 0 aromatic heterocycles. The first-order valence-electron chi connectivity index (χ1n) is 14.4. The van der Waals surface area contributed by atoms with Gasteiger partial charge in [0.1, 0.15) is 5.75 Å². The van der Waals surface area contributed by atoms with Crippen molar-refractivity contribution in [1.82, 2.24) is 0 Å². The van der Waals surface area contributed by atoms with Crippen molar-refractivity contribution in [2.75, 3.05) is 7.11 Å². The average Bonchev–Trinajstić information content (AvgIpc) is 2.96. The topological polar surface area (TPSA) is 27.7 Å². The fraction of sp³-hybridized carbons (Fsp3) is 0.429. The fourth-order valence-corrected chi connectivity index (χ4v) is 10.9. The van der Waals surface area contributed by atoms with Crippen LogP contribution in [-0.4, -0.2) is 27.6 Å². The van der Waals surface area contributed by atoms with Gasteiger partial charge in [0.05, 0.1) is 19.8 Å². The van der Waals surface area contributed by atoms with Crippen molar-refractivity contribution < 1.29 is 13.9 Å². The first-order chi connectivity index (χ1) is 19.1. The molecule has 0 aliphatic rings. The van der Waals surface area contributed by atoms with Crippen LogP contribution in [0.3, 0.4) is 0 Å². The van der Waals surface area contributed by atoms with Gasteiger partial charge in [0.15, 0.2) is 0 Å². The zero-order valence-electron chi connectivity index (χ0n) is 25.3. The molecule has 3 aromatic carbocycles. The molecule has 4 atom stereocenters. The maximum absolute atomic E-state index is 7.40. The molecule has 0 fully saturated rings. The molecule has 0 unspecified atom stereocenters.